The highest BCUT2D eigenvalue weighted by molar-refractivity contribution is 6.31. The molecule has 3 N–H and O–H groups in total. The molecular formula is C10H12ClF3N2O. The molecule has 17 heavy (non-hydrogen) atoms. The van der Waals surface area contributed by atoms with Crippen LogP contribution < -0.4 is 11.3 Å². The van der Waals surface area contributed by atoms with Gasteiger partial charge in [0.2, 0.25) is 0 Å². The van der Waals surface area contributed by atoms with Gasteiger partial charge in [0, 0.05) is 5.02 Å². The molecule has 0 aliphatic carbocycles. The molecule has 0 aromatic heterocycles. The van der Waals surface area contributed by atoms with Crippen molar-refractivity contribution in [3.63, 3.8) is 0 Å². The molecule has 1 unspecified atom stereocenters. The summed E-state index contributed by atoms with van der Waals surface area (Å²) in [6.45, 7) is -1.52. The molecule has 0 radical (unpaired) electrons. The van der Waals surface area contributed by atoms with Crippen molar-refractivity contribution in [3.8, 4) is 0 Å². The lowest BCUT2D eigenvalue weighted by Gasteiger charge is -2.18. The number of rotatable bonds is 5. The van der Waals surface area contributed by atoms with Crippen molar-refractivity contribution < 1.29 is 17.9 Å². The molecule has 0 saturated heterocycles. The predicted octanol–water partition coefficient (Wildman–Crippen LogP) is 2.42. The number of benzene rings is 1. The molecule has 0 aliphatic rings. The minimum absolute atomic E-state index is 0.209. The van der Waals surface area contributed by atoms with Crippen LogP contribution in [0.15, 0.2) is 24.3 Å². The van der Waals surface area contributed by atoms with Crippen LogP contribution in [0.5, 0.6) is 0 Å². The Bertz CT molecular complexity index is 360. The lowest BCUT2D eigenvalue weighted by Crippen LogP contribution is -2.32. The summed E-state index contributed by atoms with van der Waals surface area (Å²) in [5, 5.41) is 0.422. The highest BCUT2D eigenvalue weighted by Gasteiger charge is 2.28. The van der Waals surface area contributed by atoms with Gasteiger partial charge in [0.1, 0.15) is 6.61 Å². The Balaban J connectivity index is 2.58. The van der Waals surface area contributed by atoms with Crippen molar-refractivity contribution in [2.75, 3.05) is 13.2 Å². The molecule has 1 aromatic rings. The maximum absolute atomic E-state index is 11.9. The summed E-state index contributed by atoms with van der Waals surface area (Å²) in [4.78, 5) is 0. The van der Waals surface area contributed by atoms with Gasteiger partial charge >= 0.3 is 6.18 Å². The lowest BCUT2D eigenvalue weighted by atomic mass is 10.1. The molecule has 7 heteroatoms. The number of ether oxygens (including phenoxy) is 1. The molecular weight excluding hydrogens is 257 g/mol. The van der Waals surface area contributed by atoms with Crippen LogP contribution in [-0.4, -0.2) is 19.4 Å². The normalized spacial score (nSPS) is 13.7. The van der Waals surface area contributed by atoms with Gasteiger partial charge in [-0.3, -0.25) is 11.3 Å². The summed E-state index contributed by atoms with van der Waals surface area (Å²) < 4.78 is 40.2. The first-order valence-corrected chi connectivity index (χ1v) is 5.17. The first kappa shape index (κ1) is 14.2. The van der Waals surface area contributed by atoms with E-state index in [-0.39, 0.29) is 6.61 Å². The van der Waals surface area contributed by atoms with E-state index in [0.29, 0.717) is 10.6 Å². The third kappa shape index (κ3) is 4.91. The Morgan fingerprint density at radius 1 is 1.35 bits per heavy atom. The topological polar surface area (TPSA) is 47.3 Å². The highest BCUT2D eigenvalue weighted by atomic mass is 35.5. The van der Waals surface area contributed by atoms with Gasteiger partial charge in [-0.1, -0.05) is 29.8 Å². The maximum Gasteiger partial charge on any atom is 0.411 e. The number of hydrazine groups is 1. The Labute approximate surface area is 102 Å². The summed E-state index contributed by atoms with van der Waals surface area (Å²) >= 11 is 5.89. The minimum atomic E-state index is -4.35. The standard InChI is InChI=1S/C10H12ClF3N2O/c11-8-4-2-1-3-7(8)9(16-15)5-17-6-10(12,13)14/h1-4,9,16H,5-6,15H2. The molecule has 0 aliphatic heterocycles. The molecule has 0 saturated carbocycles. The summed E-state index contributed by atoms with van der Waals surface area (Å²) in [7, 11) is 0. The zero-order valence-electron chi connectivity index (χ0n) is 8.80. The van der Waals surface area contributed by atoms with Gasteiger partial charge in [0.25, 0.3) is 0 Å². The van der Waals surface area contributed by atoms with Crippen LogP contribution in [-0.2, 0) is 4.74 Å². The number of hydrogen-bond acceptors (Lipinski definition) is 3. The van der Waals surface area contributed by atoms with E-state index in [2.05, 4.69) is 10.2 Å². The molecule has 0 spiro atoms. The Hall–Kier alpha value is -0.820. The molecule has 3 nitrogen and oxygen atoms in total. The van der Waals surface area contributed by atoms with E-state index in [4.69, 9.17) is 17.4 Å². The zero-order chi connectivity index (χ0) is 12.9. The second-order valence-electron chi connectivity index (χ2n) is 3.37. The predicted molar refractivity (Wildman–Crippen MR) is 58.4 cm³/mol. The molecule has 1 atom stereocenters. The Morgan fingerprint density at radius 2 is 2.00 bits per heavy atom. The number of nitrogens with one attached hydrogen (secondary N) is 1. The average molecular weight is 269 g/mol. The van der Waals surface area contributed by atoms with E-state index in [1.807, 2.05) is 0 Å². The Morgan fingerprint density at radius 3 is 2.53 bits per heavy atom. The first-order valence-electron chi connectivity index (χ1n) is 4.79. The van der Waals surface area contributed by atoms with Crippen LogP contribution in [0, 0.1) is 0 Å². The van der Waals surface area contributed by atoms with Crippen molar-refractivity contribution >= 4 is 11.6 Å². The van der Waals surface area contributed by atoms with E-state index in [9.17, 15) is 13.2 Å². The fraction of sp³-hybridized carbons (Fsp3) is 0.400. The van der Waals surface area contributed by atoms with Gasteiger partial charge < -0.3 is 4.74 Å². The minimum Gasteiger partial charge on any atom is -0.370 e. The van der Waals surface area contributed by atoms with Crippen molar-refractivity contribution in [1.29, 1.82) is 0 Å². The van der Waals surface area contributed by atoms with Gasteiger partial charge in [0.15, 0.2) is 0 Å². The van der Waals surface area contributed by atoms with E-state index >= 15 is 0 Å². The molecule has 1 rings (SSSR count). The monoisotopic (exact) mass is 268 g/mol. The van der Waals surface area contributed by atoms with Gasteiger partial charge in [-0.2, -0.15) is 13.2 Å². The third-order valence-corrected chi connectivity index (χ3v) is 2.38. The molecule has 0 heterocycles. The first-order chi connectivity index (χ1) is 7.94. The van der Waals surface area contributed by atoms with Crippen molar-refractivity contribution in [3.05, 3.63) is 34.9 Å². The number of alkyl halides is 3. The number of hydrogen-bond donors (Lipinski definition) is 2. The SMILES string of the molecule is NNC(COCC(F)(F)F)c1ccccc1Cl. The van der Waals surface area contributed by atoms with E-state index in [1.165, 1.54) is 0 Å². The molecule has 96 valence electrons. The van der Waals surface area contributed by atoms with Crippen LogP contribution in [0.25, 0.3) is 0 Å². The van der Waals surface area contributed by atoms with Crippen LogP contribution >= 0.6 is 11.6 Å². The fourth-order valence-electron chi connectivity index (χ4n) is 1.28. The van der Waals surface area contributed by atoms with E-state index < -0.39 is 18.8 Å². The summed E-state index contributed by atoms with van der Waals surface area (Å²) in [5.41, 5.74) is 2.96. The second-order valence-corrected chi connectivity index (χ2v) is 3.78. The second kappa shape index (κ2) is 6.20. The van der Waals surface area contributed by atoms with Gasteiger partial charge in [-0.15, -0.1) is 0 Å². The highest BCUT2D eigenvalue weighted by Crippen LogP contribution is 2.23. The lowest BCUT2D eigenvalue weighted by molar-refractivity contribution is -0.175. The van der Waals surface area contributed by atoms with Crippen molar-refractivity contribution in [2.24, 2.45) is 5.84 Å². The van der Waals surface area contributed by atoms with Gasteiger partial charge in [0.05, 0.1) is 12.6 Å². The summed E-state index contributed by atoms with van der Waals surface area (Å²) in [5.74, 6) is 5.25. The van der Waals surface area contributed by atoms with Crippen LogP contribution in [0.3, 0.4) is 0 Å². The van der Waals surface area contributed by atoms with Crippen molar-refractivity contribution in [1.82, 2.24) is 5.43 Å². The average Bonchev–Trinajstić information content (AvgIpc) is 2.24. The number of nitrogens with two attached hydrogens (primary N) is 1. The third-order valence-electron chi connectivity index (χ3n) is 2.03. The Kier molecular flexibility index (Phi) is 5.20. The number of halogens is 4. The molecule has 0 fully saturated rings. The van der Waals surface area contributed by atoms with Crippen LogP contribution in [0.4, 0.5) is 13.2 Å². The largest absolute Gasteiger partial charge is 0.411 e. The quantitative estimate of drug-likeness (QED) is 0.637. The fourth-order valence-corrected chi connectivity index (χ4v) is 1.55. The van der Waals surface area contributed by atoms with Crippen molar-refractivity contribution in [2.45, 2.75) is 12.2 Å². The van der Waals surface area contributed by atoms with Crippen LogP contribution in [0.2, 0.25) is 5.02 Å². The van der Waals surface area contributed by atoms with Gasteiger partial charge in [-0.25, -0.2) is 0 Å². The summed E-state index contributed by atoms with van der Waals surface area (Å²) in [6.07, 6.45) is -4.35. The smallest absolute Gasteiger partial charge is 0.370 e. The van der Waals surface area contributed by atoms with Gasteiger partial charge in [-0.05, 0) is 11.6 Å². The summed E-state index contributed by atoms with van der Waals surface area (Å²) in [6, 6.07) is 6.16. The van der Waals surface area contributed by atoms with Crippen LogP contribution in [0.1, 0.15) is 11.6 Å². The maximum atomic E-state index is 11.9. The molecule has 1 aromatic carbocycles. The van der Waals surface area contributed by atoms with E-state index in [0.717, 1.165) is 0 Å². The zero-order valence-corrected chi connectivity index (χ0v) is 9.55. The van der Waals surface area contributed by atoms with E-state index in [1.54, 1.807) is 24.3 Å². The molecule has 0 bridgehead atoms. The molecule has 0 amide bonds.